The number of halogens is 1. The predicted molar refractivity (Wildman–Crippen MR) is 45.0 cm³/mol. The quantitative estimate of drug-likeness (QED) is 0.714. The first-order valence-corrected chi connectivity index (χ1v) is 3.87. The smallest absolute Gasteiger partial charge is 0.123 e. The summed E-state index contributed by atoms with van der Waals surface area (Å²) in [4.78, 5) is 0. The van der Waals surface area contributed by atoms with Gasteiger partial charge < -0.3 is 10.8 Å². The Morgan fingerprint density at radius 3 is 2.42 bits per heavy atom. The van der Waals surface area contributed by atoms with Gasteiger partial charge >= 0.3 is 0 Å². The third kappa shape index (κ3) is 2.29. The van der Waals surface area contributed by atoms with Crippen LogP contribution in [0.15, 0.2) is 24.3 Å². The van der Waals surface area contributed by atoms with E-state index in [9.17, 15) is 9.50 Å². The molecular formula is C9H12FNO. The summed E-state index contributed by atoms with van der Waals surface area (Å²) in [6.07, 6.45) is -0.0679. The lowest BCUT2D eigenvalue weighted by Gasteiger charge is -2.08. The van der Waals surface area contributed by atoms with Crippen molar-refractivity contribution in [1.82, 2.24) is 0 Å². The predicted octanol–water partition coefficient (Wildman–Crippen LogP) is 1.21. The topological polar surface area (TPSA) is 46.2 Å². The molecule has 0 aromatic heterocycles. The molecule has 0 bridgehead atoms. The van der Waals surface area contributed by atoms with Crippen LogP contribution in [0.1, 0.15) is 18.1 Å². The maximum atomic E-state index is 12.4. The number of aliphatic hydroxyl groups excluding tert-OH is 1. The molecule has 1 rings (SSSR count). The summed E-state index contributed by atoms with van der Waals surface area (Å²) in [6.45, 7) is 0.429. The monoisotopic (exact) mass is 169 g/mol. The lowest BCUT2D eigenvalue weighted by atomic mass is 10.1. The van der Waals surface area contributed by atoms with Gasteiger partial charge in [-0.2, -0.15) is 0 Å². The third-order valence-corrected chi connectivity index (χ3v) is 1.69. The van der Waals surface area contributed by atoms with Crippen LogP contribution in [0.5, 0.6) is 0 Å². The first kappa shape index (κ1) is 9.16. The standard InChI is InChI=1S/C9H12FNO/c10-8-3-1-7(2-4-8)9(12)5-6-11/h1-4,9,12H,5-6,11H2/t9-/m1/s1. The number of hydrogen-bond acceptors (Lipinski definition) is 2. The number of rotatable bonds is 3. The molecule has 2 nitrogen and oxygen atoms in total. The minimum absolute atomic E-state index is 0.293. The second-order valence-electron chi connectivity index (χ2n) is 2.64. The largest absolute Gasteiger partial charge is 0.388 e. The van der Waals surface area contributed by atoms with Crippen molar-refractivity contribution in [2.45, 2.75) is 12.5 Å². The fourth-order valence-electron chi connectivity index (χ4n) is 1.01. The van der Waals surface area contributed by atoms with E-state index in [1.807, 2.05) is 0 Å². The molecule has 1 aromatic carbocycles. The van der Waals surface area contributed by atoms with Crippen molar-refractivity contribution in [3.05, 3.63) is 35.6 Å². The molecule has 0 spiro atoms. The van der Waals surface area contributed by atoms with Gasteiger partial charge in [-0.05, 0) is 30.7 Å². The Hall–Kier alpha value is -0.930. The van der Waals surface area contributed by atoms with E-state index in [0.717, 1.165) is 0 Å². The lowest BCUT2D eigenvalue weighted by Crippen LogP contribution is -2.06. The van der Waals surface area contributed by atoms with Gasteiger partial charge in [0, 0.05) is 0 Å². The molecule has 0 aliphatic heterocycles. The van der Waals surface area contributed by atoms with Crippen molar-refractivity contribution < 1.29 is 9.50 Å². The Bertz CT molecular complexity index is 235. The van der Waals surface area contributed by atoms with Crippen molar-refractivity contribution >= 4 is 0 Å². The average molecular weight is 169 g/mol. The van der Waals surface area contributed by atoms with E-state index in [-0.39, 0.29) is 5.82 Å². The number of benzene rings is 1. The molecule has 0 unspecified atom stereocenters. The number of aliphatic hydroxyl groups is 1. The van der Waals surface area contributed by atoms with E-state index in [2.05, 4.69) is 0 Å². The fourth-order valence-corrected chi connectivity index (χ4v) is 1.01. The number of nitrogens with two attached hydrogens (primary N) is 1. The highest BCUT2D eigenvalue weighted by atomic mass is 19.1. The molecule has 3 N–H and O–H groups in total. The highest BCUT2D eigenvalue weighted by Crippen LogP contribution is 2.15. The molecule has 0 fully saturated rings. The van der Waals surface area contributed by atoms with E-state index in [1.54, 1.807) is 12.1 Å². The second kappa shape index (κ2) is 4.18. The second-order valence-corrected chi connectivity index (χ2v) is 2.64. The van der Waals surface area contributed by atoms with Crippen molar-refractivity contribution in [3.8, 4) is 0 Å². The Morgan fingerprint density at radius 2 is 1.92 bits per heavy atom. The zero-order valence-electron chi connectivity index (χ0n) is 6.70. The summed E-state index contributed by atoms with van der Waals surface area (Å²) in [5, 5.41) is 9.41. The summed E-state index contributed by atoms with van der Waals surface area (Å²) >= 11 is 0. The van der Waals surface area contributed by atoms with E-state index >= 15 is 0 Å². The minimum Gasteiger partial charge on any atom is -0.388 e. The zero-order valence-corrected chi connectivity index (χ0v) is 6.70. The maximum absolute atomic E-state index is 12.4. The Labute approximate surface area is 70.8 Å². The fraction of sp³-hybridized carbons (Fsp3) is 0.333. The van der Waals surface area contributed by atoms with Crippen molar-refractivity contribution in [2.75, 3.05) is 6.54 Å². The normalized spacial score (nSPS) is 12.9. The van der Waals surface area contributed by atoms with Crippen molar-refractivity contribution in [1.29, 1.82) is 0 Å². The zero-order chi connectivity index (χ0) is 8.97. The Balaban J connectivity index is 2.68. The molecule has 66 valence electrons. The van der Waals surface area contributed by atoms with Gasteiger partial charge in [0.1, 0.15) is 5.82 Å². The van der Waals surface area contributed by atoms with Crippen LogP contribution in [0.4, 0.5) is 4.39 Å². The highest BCUT2D eigenvalue weighted by Gasteiger charge is 2.04. The molecule has 0 saturated carbocycles. The Morgan fingerprint density at radius 1 is 1.33 bits per heavy atom. The molecular weight excluding hydrogens is 157 g/mol. The van der Waals surface area contributed by atoms with Crippen LogP contribution in [0.2, 0.25) is 0 Å². The molecule has 0 aliphatic rings. The first-order chi connectivity index (χ1) is 5.74. The van der Waals surface area contributed by atoms with Crippen LogP contribution in [0, 0.1) is 5.82 Å². The van der Waals surface area contributed by atoms with Crippen LogP contribution in [0.3, 0.4) is 0 Å². The lowest BCUT2D eigenvalue weighted by molar-refractivity contribution is 0.170. The van der Waals surface area contributed by atoms with Crippen molar-refractivity contribution in [3.63, 3.8) is 0 Å². The summed E-state index contributed by atoms with van der Waals surface area (Å²) < 4.78 is 12.4. The third-order valence-electron chi connectivity index (χ3n) is 1.69. The maximum Gasteiger partial charge on any atom is 0.123 e. The van der Waals surface area contributed by atoms with Gasteiger partial charge in [-0.3, -0.25) is 0 Å². The molecule has 0 heterocycles. The van der Waals surface area contributed by atoms with Gasteiger partial charge in [0.25, 0.3) is 0 Å². The molecule has 0 amide bonds. The van der Waals surface area contributed by atoms with Crippen molar-refractivity contribution in [2.24, 2.45) is 5.73 Å². The van der Waals surface area contributed by atoms with Crippen LogP contribution >= 0.6 is 0 Å². The molecule has 1 atom stereocenters. The molecule has 1 aromatic rings. The molecule has 12 heavy (non-hydrogen) atoms. The van der Waals surface area contributed by atoms with Crippen LogP contribution < -0.4 is 5.73 Å². The Kier molecular flexibility index (Phi) is 3.19. The van der Waals surface area contributed by atoms with E-state index < -0.39 is 6.10 Å². The van der Waals surface area contributed by atoms with Gasteiger partial charge in [-0.1, -0.05) is 12.1 Å². The van der Waals surface area contributed by atoms with Crippen LogP contribution in [0.25, 0.3) is 0 Å². The van der Waals surface area contributed by atoms with Gasteiger partial charge in [0.05, 0.1) is 6.10 Å². The van der Waals surface area contributed by atoms with Gasteiger partial charge in [-0.25, -0.2) is 4.39 Å². The highest BCUT2D eigenvalue weighted by molar-refractivity contribution is 5.18. The van der Waals surface area contributed by atoms with E-state index in [0.29, 0.717) is 18.5 Å². The first-order valence-electron chi connectivity index (χ1n) is 3.87. The molecule has 3 heteroatoms. The molecule has 0 aliphatic carbocycles. The van der Waals surface area contributed by atoms with Gasteiger partial charge in [0.2, 0.25) is 0 Å². The van der Waals surface area contributed by atoms with Crippen LogP contribution in [-0.2, 0) is 0 Å². The van der Waals surface area contributed by atoms with Gasteiger partial charge in [0.15, 0.2) is 0 Å². The minimum atomic E-state index is -0.574. The van der Waals surface area contributed by atoms with E-state index in [1.165, 1.54) is 12.1 Å². The molecule has 0 radical (unpaired) electrons. The van der Waals surface area contributed by atoms with Gasteiger partial charge in [-0.15, -0.1) is 0 Å². The van der Waals surface area contributed by atoms with Crippen LogP contribution in [-0.4, -0.2) is 11.7 Å². The van der Waals surface area contributed by atoms with E-state index in [4.69, 9.17) is 5.73 Å². The number of hydrogen-bond donors (Lipinski definition) is 2. The summed E-state index contributed by atoms with van der Waals surface area (Å²) in [5.41, 5.74) is 5.97. The molecule has 0 saturated heterocycles. The SMILES string of the molecule is NCC[C@@H](O)c1ccc(F)cc1. The summed E-state index contributed by atoms with van der Waals surface area (Å²) in [6, 6.07) is 5.79. The summed E-state index contributed by atoms with van der Waals surface area (Å²) in [7, 11) is 0. The summed E-state index contributed by atoms with van der Waals surface area (Å²) in [5.74, 6) is -0.293. The average Bonchev–Trinajstić information content (AvgIpc) is 2.06.